The summed E-state index contributed by atoms with van der Waals surface area (Å²) in [4.78, 5) is 57.5. The van der Waals surface area contributed by atoms with E-state index in [4.69, 9.17) is 4.74 Å². The molecule has 0 bridgehead atoms. The Bertz CT molecular complexity index is 971. The van der Waals surface area contributed by atoms with E-state index >= 15 is 0 Å². The monoisotopic (exact) mass is 474 g/mol. The fourth-order valence-electron chi connectivity index (χ4n) is 5.04. The summed E-state index contributed by atoms with van der Waals surface area (Å²) in [5.74, 6) is -1.26. The molecular weight excluding hydrogens is 440 g/mol. The molecule has 1 aromatic rings. The van der Waals surface area contributed by atoms with Crippen molar-refractivity contribution in [3.8, 4) is 0 Å². The van der Waals surface area contributed by atoms with Crippen LogP contribution in [0.25, 0.3) is 0 Å². The number of hydrogen-bond donors (Lipinski definition) is 1. The number of ether oxygens (including phenoxy) is 1. The summed E-state index contributed by atoms with van der Waals surface area (Å²) in [5.41, 5.74) is -0.904. The number of benzene rings is 1. The minimum Gasteiger partial charge on any atom is -0.465 e. The van der Waals surface area contributed by atoms with Crippen LogP contribution < -0.4 is 4.90 Å². The summed E-state index contributed by atoms with van der Waals surface area (Å²) in [6.07, 6.45) is -0.859. The van der Waals surface area contributed by atoms with Crippen LogP contribution in [0.2, 0.25) is 0 Å². The van der Waals surface area contributed by atoms with E-state index < -0.39 is 35.0 Å². The largest absolute Gasteiger partial charge is 0.465 e. The number of piperidine rings is 1. The van der Waals surface area contributed by atoms with Crippen molar-refractivity contribution in [2.45, 2.75) is 32.7 Å². The molecule has 3 rings (SSSR count). The summed E-state index contributed by atoms with van der Waals surface area (Å²) in [7, 11) is 5.03. The van der Waals surface area contributed by atoms with Gasteiger partial charge >= 0.3 is 18.1 Å². The van der Waals surface area contributed by atoms with E-state index in [-0.39, 0.29) is 32.0 Å². The highest BCUT2D eigenvalue weighted by Gasteiger charge is 2.65. The Kier molecular flexibility index (Phi) is 6.93. The van der Waals surface area contributed by atoms with Gasteiger partial charge in [-0.2, -0.15) is 0 Å². The van der Waals surface area contributed by atoms with Crippen LogP contribution >= 0.6 is 0 Å². The normalized spacial score (nSPS) is 23.3. The lowest BCUT2D eigenvalue weighted by Gasteiger charge is -2.52. The molecule has 0 aromatic heterocycles. The summed E-state index contributed by atoms with van der Waals surface area (Å²) >= 11 is 0. The van der Waals surface area contributed by atoms with Crippen molar-refractivity contribution >= 4 is 29.7 Å². The van der Waals surface area contributed by atoms with Crippen molar-refractivity contribution in [3.63, 3.8) is 0 Å². The number of amides is 4. The fraction of sp³-hybridized carbons (Fsp3) is 0.583. The minimum absolute atomic E-state index is 0.135. The number of methoxy groups -OCH3 is 1. The predicted octanol–water partition coefficient (Wildman–Crippen LogP) is 2.59. The van der Waals surface area contributed by atoms with E-state index in [0.29, 0.717) is 17.8 Å². The Labute approximate surface area is 200 Å². The first-order valence-electron chi connectivity index (χ1n) is 11.3. The van der Waals surface area contributed by atoms with Gasteiger partial charge in [0.25, 0.3) is 5.91 Å². The molecule has 1 spiro atoms. The molecular formula is C24H34N4O6. The number of likely N-dealkylation sites (tertiary alicyclic amines) is 1. The third-order valence-electron chi connectivity index (χ3n) is 6.81. The molecule has 186 valence electrons. The average Bonchev–Trinajstić information content (AvgIpc) is 2.97. The quantitative estimate of drug-likeness (QED) is 0.516. The number of hydrogen-bond acceptors (Lipinski definition) is 6. The van der Waals surface area contributed by atoms with Crippen LogP contribution in [0, 0.1) is 11.3 Å². The van der Waals surface area contributed by atoms with Crippen LogP contribution in [0.5, 0.6) is 0 Å². The number of nitrogens with zero attached hydrogens (tertiary/aromatic N) is 4. The first-order valence-corrected chi connectivity index (χ1v) is 11.3. The van der Waals surface area contributed by atoms with E-state index in [0.717, 1.165) is 0 Å². The molecule has 2 atom stereocenters. The molecule has 10 heteroatoms. The minimum atomic E-state index is -1.24. The zero-order chi connectivity index (χ0) is 25.4. The average molecular weight is 475 g/mol. The van der Waals surface area contributed by atoms with E-state index in [1.165, 1.54) is 21.8 Å². The highest BCUT2D eigenvalue weighted by molar-refractivity contribution is 6.17. The lowest BCUT2D eigenvalue weighted by molar-refractivity contribution is -0.137. The standard InChI is InChI=1S/C24H34N4O6/c1-23(2,3)18-15-26(22(32)33)12-11-24(18)20(30)27(14-13-25(4)5)21(31)28(24)17-9-7-16(8-10-17)19(29)34-6/h7-10,18H,11-15H2,1-6H3,(H,32,33). The summed E-state index contributed by atoms with van der Waals surface area (Å²) in [6.45, 7) is 6.89. The number of rotatable bonds is 5. The highest BCUT2D eigenvalue weighted by Crippen LogP contribution is 2.49. The van der Waals surface area contributed by atoms with Gasteiger partial charge in [-0.1, -0.05) is 20.8 Å². The van der Waals surface area contributed by atoms with Crippen molar-refractivity contribution in [1.82, 2.24) is 14.7 Å². The second-order valence-electron chi connectivity index (χ2n) is 10.2. The molecule has 2 heterocycles. The Morgan fingerprint density at radius 2 is 1.79 bits per heavy atom. The molecule has 10 nitrogen and oxygen atoms in total. The molecule has 0 saturated carbocycles. The number of esters is 1. The number of carbonyl (C=O) groups is 4. The first kappa shape index (κ1) is 25.5. The smallest absolute Gasteiger partial charge is 0.407 e. The van der Waals surface area contributed by atoms with Gasteiger partial charge in [0.2, 0.25) is 0 Å². The van der Waals surface area contributed by atoms with Gasteiger partial charge in [-0.25, -0.2) is 14.4 Å². The predicted molar refractivity (Wildman–Crippen MR) is 126 cm³/mol. The topological polar surface area (TPSA) is 111 Å². The molecule has 34 heavy (non-hydrogen) atoms. The Morgan fingerprint density at radius 3 is 2.29 bits per heavy atom. The zero-order valence-electron chi connectivity index (χ0n) is 20.7. The Hall–Kier alpha value is -3.14. The molecule has 2 fully saturated rings. The van der Waals surface area contributed by atoms with Gasteiger partial charge in [0, 0.05) is 37.8 Å². The van der Waals surface area contributed by atoms with Gasteiger partial charge in [-0.3, -0.25) is 14.6 Å². The summed E-state index contributed by atoms with van der Waals surface area (Å²) in [6, 6.07) is 5.97. The number of imide groups is 1. The van der Waals surface area contributed by atoms with Gasteiger partial charge in [0.15, 0.2) is 0 Å². The highest BCUT2D eigenvalue weighted by atomic mass is 16.5. The molecule has 4 amide bonds. The third-order valence-corrected chi connectivity index (χ3v) is 6.81. The van der Waals surface area contributed by atoms with Gasteiger partial charge in [0.05, 0.1) is 12.7 Å². The molecule has 2 aliphatic heterocycles. The second-order valence-corrected chi connectivity index (χ2v) is 10.2. The maximum Gasteiger partial charge on any atom is 0.407 e. The molecule has 1 N–H and O–H groups in total. The fourth-order valence-corrected chi connectivity index (χ4v) is 5.04. The maximum absolute atomic E-state index is 14.0. The number of carbonyl (C=O) groups excluding carboxylic acids is 3. The van der Waals surface area contributed by atoms with Crippen LogP contribution in [-0.4, -0.2) is 96.7 Å². The summed E-state index contributed by atoms with van der Waals surface area (Å²) in [5, 5.41) is 9.66. The lowest BCUT2D eigenvalue weighted by Crippen LogP contribution is -2.66. The molecule has 2 unspecified atom stereocenters. The van der Waals surface area contributed by atoms with Gasteiger partial charge in [0.1, 0.15) is 5.54 Å². The third kappa shape index (κ3) is 4.34. The van der Waals surface area contributed by atoms with Crippen molar-refractivity contribution in [3.05, 3.63) is 29.8 Å². The van der Waals surface area contributed by atoms with Crippen LogP contribution in [0.4, 0.5) is 15.3 Å². The first-order chi connectivity index (χ1) is 15.8. The van der Waals surface area contributed by atoms with Crippen LogP contribution in [-0.2, 0) is 9.53 Å². The van der Waals surface area contributed by atoms with E-state index in [1.807, 2.05) is 39.8 Å². The number of likely N-dealkylation sites (N-methyl/N-ethyl adjacent to an activating group) is 1. The van der Waals surface area contributed by atoms with Crippen molar-refractivity contribution in [2.24, 2.45) is 11.3 Å². The van der Waals surface area contributed by atoms with Crippen molar-refractivity contribution in [2.75, 3.05) is 52.3 Å². The van der Waals surface area contributed by atoms with E-state index in [9.17, 15) is 24.3 Å². The lowest BCUT2D eigenvalue weighted by atomic mass is 9.64. The Balaban J connectivity index is 2.15. The SMILES string of the molecule is COC(=O)c1ccc(N2C(=O)N(CCN(C)C)C(=O)C23CCN(C(=O)O)CC3C(C)(C)C)cc1. The zero-order valence-corrected chi connectivity index (χ0v) is 20.7. The van der Waals surface area contributed by atoms with Crippen LogP contribution in [0.15, 0.2) is 24.3 Å². The van der Waals surface area contributed by atoms with Gasteiger partial charge in [-0.05, 0) is 50.2 Å². The van der Waals surface area contributed by atoms with E-state index in [1.54, 1.807) is 24.3 Å². The summed E-state index contributed by atoms with van der Waals surface area (Å²) < 4.78 is 4.77. The molecule has 2 aliphatic rings. The maximum atomic E-state index is 14.0. The van der Waals surface area contributed by atoms with E-state index in [2.05, 4.69) is 0 Å². The number of urea groups is 1. The van der Waals surface area contributed by atoms with Gasteiger partial charge < -0.3 is 19.6 Å². The van der Waals surface area contributed by atoms with Gasteiger partial charge in [-0.15, -0.1) is 0 Å². The molecule has 2 saturated heterocycles. The molecule has 0 aliphatic carbocycles. The number of anilines is 1. The molecule has 0 radical (unpaired) electrons. The second kappa shape index (κ2) is 9.25. The molecule has 1 aromatic carbocycles. The van der Waals surface area contributed by atoms with Crippen molar-refractivity contribution in [1.29, 1.82) is 0 Å². The van der Waals surface area contributed by atoms with Crippen LogP contribution in [0.1, 0.15) is 37.6 Å². The Morgan fingerprint density at radius 1 is 1.18 bits per heavy atom. The van der Waals surface area contributed by atoms with Crippen LogP contribution in [0.3, 0.4) is 0 Å². The number of carboxylic acid groups (broad SMARTS) is 1. The van der Waals surface area contributed by atoms with Crippen molar-refractivity contribution < 1.29 is 29.0 Å².